The molecule has 0 aliphatic carbocycles. The molecule has 0 atom stereocenters. The molecule has 0 saturated heterocycles. The Balaban J connectivity index is 3.44. The summed E-state index contributed by atoms with van der Waals surface area (Å²) in [6.07, 6.45) is 6.34. The second kappa shape index (κ2) is 11.0. The van der Waals surface area contributed by atoms with Gasteiger partial charge in [-0.15, -0.1) is 0 Å². The minimum absolute atomic E-state index is 0.0226. The van der Waals surface area contributed by atoms with Crippen LogP contribution in [0.5, 0.6) is 0 Å². The van der Waals surface area contributed by atoms with E-state index in [9.17, 15) is 0 Å². The molecular formula is C12H25O2. The fourth-order valence-corrected chi connectivity index (χ4v) is 1.10. The highest BCUT2D eigenvalue weighted by Crippen LogP contribution is 2.06. The fraction of sp³-hybridized carbons (Fsp3) is 0.917. The second-order valence-electron chi connectivity index (χ2n) is 3.52. The molecule has 0 aromatic carbocycles. The summed E-state index contributed by atoms with van der Waals surface area (Å²) in [5, 5.41) is 0. The van der Waals surface area contributed by atoms with Crippen LogP contribution in [0, 0.1) is 6.92 Å². The molecule has 85 valence electrons. The van der Waals surface area contributed by atoms with Gasteiger partial charge in [0, 0.05) is 13.2 Å². The zero-order valence-electron chi connectivity index (χ0n) is 9.76. The van der Waals surface area contributed by atoms with Crippen LogP contribution in [0.25, 0.3) is 0 Å². The largest absolute Gasteiger partial charge is 0.353 e. The molecule has 0 bridgehead atoms. The average Bonchev–Trinajstić information content (AvgIpc) is 2.18. The Kier molecular flexibility index (Phi) is 10.9. The van der Waals surface area contributed by atoms with Crippen molar-refractivity contribution in [3.63, 3.8) is 0 Å². The van der Waals surface area contributed by atoms with Crippen LogP contribution in [0.4, 0.5) is 0 Å². The SMILES string of the molecule is [CH2]CCC(OCCCC)OCCCC. The van der Waals surface area contributed by atoms with Crippen molar-refractivity contribution in [1.82, 2.24) is 0 Å². The van der Waals surface area contributed by atoms with Crippen LogP contribution in [0.2, 0.25) is 0 Å². The monoisotopic (exact) mass is 201 g/mol. The van der Waals surface area contributed by atoms with Crippen molar-refractivity contribution in [2.75, 3.05) is 13.2 Å². The van der Waals surface area contributed by atoms with Crippen molar-refractivity contribution in [1.29, 1.82) is 0 Å². The van der Waals surface area contributed by atoms with E-state index < -0.39 is 0 Å². The number of rotatable bonds is 10. The number of hydrogen-bond donors (Lipinski definition) is 0. The van der Waals surface area contributed by atoms with Crippen molar-refractivity contribution in [3.8, 4) is 0 Å². The van der Waals surface area contributed by atoms with E-state index in [1.807, 2.05) is 0 Å². The lowest BCUT2D eigenvalue weighted by molar-refractivity contribution is -0.146. The van der Waals surface area contributed by atoms with Gasteiger partial charge in [-0.1, -0.05) is 33.6 Å². The van der Waals surface area contributed by atoms with Gasteiger partial charge in [-0.25, -0.2) is 0 Å². The molecule has 0 unspecified atom stereocenters. The summed E-state index contributed by atoms with van der Waals surface area (Å²) < 4.78 is 11.2. The van der Waals surface area contributed by atoms with Gasteiger partial charge in [-0.05, 0) is 25.7 Å². The Bertz CT molecular complexity index is 94.5. The Morgan fingerprint density at radius 3 is 1.86 bits per heavy atom. The lowest BCUT2D eigenvalue weighted by Gasteiger charge is -2.17. The molecule has 2 heteroatoms. The van der Waals surface area contributed by atoms with Gasteiger partial charge in [-0.2, -0.15) is 0 Å². The first-order valence-electron chi connectivity index (χ1n) is 5.87. The van der Waals surface area contributed by atoms with Gasteiger partial charge in [0.15, 0.2) is 6.29 Å². The number of unbranched alkanes of at least 4 members (excludes halogenated alkanes) is 2. The maximum absolute atomic E-state index is 5.61. The molecule has 0 rings (SSSR count). The Hall–Kier alpha value is -0.0800. The van der Waals surface area contributed by atoms with E-state index in [4.69, 9.17) is 9.47 Å². The summed E-state index contributed by atoms with van der Waals surface area (Å²) in [5.41, 5.74) is 0. The van der Waals surface area contributed by atoms with E-state index in [0.29, 0.717) is 0 Å². The minimum atomic E-state index is -0.0226. The lowest BCUT2D eigenvalue weighted by Crippen LogP contribution is -2.18. The fourth-order valence-electron chi connectivity index (χ4n) is 1.10. The van der Waals surface area contributed by atoms with Gasteiger partial charge in [0.25, 0.3) is 0 Å². The molecule has 0 aromatic rings. The topological polar surface area (TPSA) is 18.5 Å². The van der Waals surface area contributed by atoms with Gasteiger partial charge < -0.3 is 9.47 Å². The Morgan fingerprint density at radius 2 is 1.50 bits per heavy atom. The first-order valence-corrected chi connectivity index (χ1v) is 5.87. The third-order valence-corrected chi connectivity index (χ3v) is 2.04. The first kappa shape index (κ1) is 13.9. The maximum atomic E-state index is 5.61. The molecule has 0 saturated carbocycles. The second-order valence-corrected chi connectivity index (χ2v) is 3.52. The lowest BCUT2D eigenvalue weighted by atomic mass is 10.3. The third kappa shape index (κ3) is 8.52. The van der Waals surface area contributed by atoms with Crippen LogP contribution < -0.4 is 0 Å². The van der Waals surface area contributed by atoms with Crippen molar-refractivity contribution in [2.45, 2.75) is 58.7 Å². The van der Waals surface area contributed by atoms with Gasteiger partial charge in [-0.3, -0.25) is 0 Å². The van der Waals surface area contributed by atoms with Crippen LogP contribution in [0.15, 0.2) is 0 Å². The van der Waals surface area contributed by atoms with Crippen LogP contribution in [-0.2, 0) is 9.47 Å². The van der Waals surface area contributed by atoms with Crippen LogP contribution in [0.1, 0.15) is 52.4 Å². The van der Waals surface area contributed by atoms with Gasteiger partial charge in [0.1, 0.15) is 0 Å². The first-order chi connectivity index (χ1) is 6.85. The van der Waals surface area contributed by atoms with Crippen molar-refractivity contribution in [2.24, 2.45) is 0 Å². The summed E-state index contributed by atoms with van der Waals surface area (Å²) >= 11 is 0. The zero-order valence-corrected chi connectivity index (χ0v) is 9.76. The predicted molar refractivity (Wildman–Crippen MR) is 60.1 cm³/mol. The molecule has 0 amide bonds. The minimum Gasteiger partial charge on any atom is -0.353 e. The quantitative estimate of drug-likeness (QED) is 0.397. The molecule has 0 aliphatic rings. The molecule has 1 radical (unpaired) electrons. The highest BCUT2D eigenvalue weighted by atomic mass is 16.7. The summed E-state index contributed by atoms with van der Waals surface area (Å²) in [5.74, 6) is 0. The maximum Gasteiger partial charge on any atom is 0.157 e. The van der Waals surface area contributed by atoms with Gasteiger partial charge >= 0.3 is 0 Å². The van der Waals surface area contributed by atoms with E-state index in [0.717, 1.165) is 38.9 Å². The molecular weight excluding hydrogens is 176 g/mol. The Labute approximate surface area is 89.0 Å². The van der Waals surface area contributed by atoms with Gasteiger partial charge in [0.05, 0.1) is 0 Å². The summed E-state index contributed by atoms with van der Waals surface area (Å²) in [6, 6.07) is 0. The summed E-state index contributed by atoms with van der Waals surface area (Å²) in [6.45, 7) is 9.78. The summed E-state index contributed by atoms with van der Waals surface area (Å²) in [7, 11) is 0. The number of hydrogen-bond acceptors (Lipinski definition) is 2. The van der Waals surface area contributed by atoms with Crippen LogP contribution in [-0.4, -0.2) is 19.5 Å². The van der Waals surface area contributed by atoms with Gasteiger partial charge in [0.2, 0.25) is 0 Å². The highest BCUT2D eigenvalue weighted by Gasteiger charge is 2.06. The normalized spacial score (nSPS) is 11.1. The van der Waals surface area contributed by atoms with Crippen LogP contribution >= 0.6 is 0 Å². The van der Waals surface area contributed by atoms with E-state index in [1.54, 1.807) is 0 Å². The highest BCUT2D eigenvalue weighted by molar-refractivity contribution is 4.49. The molecule has 0 fully saturated rings. The molecule has 0 heterocycles. The smallest absolute Gasteiger partial charge is 0.157 e. The van der Waals surface area contributed by atoms with E-state index >= 15 is 0 Å². The molecule has 14 heavy (non-hydrogen) atoms. The van der Waals surface area contributed by atoms with E-state index in [1.165, 1.54) is 12.8 Å². The molecule has 0 aromatic heterocycles. The van der Waals surface area contributed by atoms with E-state index in [-0.39, 0.29) is 6.29 Å². The van der Waals surface area contributed by atoms with Crippen molar-refractivity contribution in [3.05, 3.63) is 6.92 Å². The third-order valence-electron chi connectivity index (χ3n) is 2.04. The van der Waals surface area contributed by atoms with E-state index in [2.05, 4.69) is 20.8 Å². The standard InChI is InChI=1S/C12H25O2/c1-4-7-10-13-12(9-6-3)14-11-8-5-2/h12H,3-11H2,1-2H3. The molecule has 0 aliphatic heterocycles. The Morgan fingerprint density at radius 1 is 1.00 bits per heavy atom. The van der Waals surface area contributed by atoms with Crippen molar-refractivity contribution < 1.29 is 9.47 Å². The molecule has 0 N–H and O–H groups in total. The zero-order chi connectivity index (χ0) is 10.6. The average molecular weight is 201 g/mol. The number of ether oxygens (including phenoxy) is 2. The van der Waals surface area contributed by atoms with Crippen molar-refractivity contribution >= 4 is 0 Å². The molecule has 2 nitrogen and oxygen atoms in total. The predicted octanol–water partition coefficient (Wildman–Crippen LogP) is 3.56. The molecule has 0 spiro atoms. The summed E-state index contributed by atoms with van der Waals surface area (Å²) in [4.78, 5) is 0. The van der Waals surface area contributed by atoms with Crippen LogP contribution in [0.3, 0.4) is 0 Å².